The summed E-state index contributed by atoms with van der Waals surface area (Å²) in [6, 6.07) is 14.5. The molecule has 0 spiro atoms. The summed E-state index contributed by atoms with van der Waals surface area (Å²) in [5, 5.41) is 0. The summed E-state index contributed by atoms with van der Waals surface area (Å²) >= 11 is 0. The van der Waals surface area contributed by atoms with Crippen molar-refractivity contribution in [2.45, 2.75) is 13.8 Å². The van der Waals surface area contributed by atoms with Gasteiger partial charge in [-0.1, -0.05) is 13.8 Å². The van der Waals surface area contributed by atoms with E-state index in [0.717, 1.165) is 22.3 Å². The van der Waals surface area contributed by atoms with Gasteiger partial charge in [0, 0.05) is 0 Å². The molecule has 2 aromatic rings. The van der Waals surface area contributed by atoms with E-state index in [4.69, 9.17) is 0 Å². The number of rotatable bonds is 1. The third-order valence-electron chi connectivity index (χ3n) is 2.58. The number of benzene rings is 2. The van der Waals surface area contributed by atoms with E-state index in [0.29, 0.717) is 0 Å². The van der Waals surface area contributed by atoms with Crippen molar-refractivity contribution in [2.24, 2.45) is 0 Å². The summed E-state index contributed by atoms with van der Waals surface area (Å²) < 4.78 is 0. The molecule has 0 saturated heterocycles. The summed E-state index contributed by atoms with van der Waals surface area (Å²) in [5.41, 5.74) is 6.29. The van der Waals surface area contributed by atoms with Crippen LogP contribution in [-0.2, 0) is 42.1 Å². The van der Waals surface area contributed by atoms with Crippen LogP contribution in [0, 0.1) is 39.8 Å². The quantitative estimate of drug-likeness (QED) is 0.454. The Kier molecular flexibility index (Phi) is 7.04. The van der Waals surface area contributed by atoms with Crippen LogP contribution in [0.15, 0.2) is 24.3 Å². The molecule has 0 bridgehead atoms. The zero-order valence-corrected chi connectivity index (χ0v) is 16.4. The van der Waals surface area contributed by atoms with Gasteiger partial charge in [-0.25, -0.2) is 32.0 Å². The maximum Gasteiger partial charge on any atom is 2.00 e. The van der Waals surface area contributed by atoms with Gasteiger partial charge in [0.1, 0.15) is 0 Å². The molecule has 0 unspecified atom stereocenters. The fraction of sp³-hybridized carbons (Fsp3) is 0.125. The van der Waals surface area contributed by atoms with Crippen LogP contribution in [-0.4, -0.2) is 0 Å². The maximum absolute atomic E-state index is 4.04. The van der Waals surface area contributed by atoms with Gasteiger partial charge in [-0.3, -0.25) is 22.3 Å². The molecule has 90 valence electrons. The van der Waals surface area contributed by atoms with Crippen LogP contribution < -0.4 is 0 Å². The summed E-state index contributed by atoms with van der Waals surface area (Å²) in [4.78, 5) is 0. The van der Waals surface area contributed by atoms with Gasteiger partial charge >= 0.3 is 42.1 Å². The summed E-state index contributed by atoms with van der Waals surface area (Å²) in [6.45, 7) is 12.2. The monoisotopic (exact) mass is 574 g/mol. The molecule has 0 aliphatic heterocycles. The van der Waals surface area contributed by atoms with Gasteiger partial charge in [-0.05, 0) is 0 Å². The predicted octanol–water partition coefficient (Wildman–Crippen LogP) is 3.93. The minimum Gasteiger partial charge on any atom is -0.280 e. The van der Waals surface area contributed by atoms with Crippen LogP contribution in [0.25, 0.3) is 11.1 Å². The fourth-order valence-electron chi connectivity index (χ4n) is 1.80. The van der Waals surface area contributed by atoms with Gasteiger partial charge in [0.25, 0.3) is 0 Å². The molecule has 2 aromatic carbocycles. The SMILES string of the molecule is [CH2-]c1cc(C)c[c-]c1-c1[c-]cc(C)cc1[CH2-].[W+2].[W+2]. The van der Waals surface area contributed by atoms with Crippen LogP contribution in [0.4, 0.5) is 0 Å². The van der Waals surface area contributed by atoms with Crippen molar-refractivity contribution in [3.8, 4) is 11.1 Å². The van der Waals surface area contributed by atoms with Crippen molar-refractivity contribution >= 4 is 0 Å². The van der Waals surface area contributed by atoms with E-state index in [1.165, 1.54) is 11.1 Å². The average molecular weight is 574 g/mol. The molecule has 2 heteroatoms. The standard InChI is InChI=1S/C16H14.2W/c1-11-5-7-15(13(3)9-11)16-8-6-12(2)10-14(16)4;;/h5-6,9-10H,3-4H2,1-2H3;;/q-4;2*+2. The summed E-state index contributed by atoms with van der Waals surface area (Å²) in [5.74, 6) is 0. The van der Waals surface area contributed by atoms with Crippen LogP contribution in [0.2, 0.25) is 0 Å². The van der Waals surface area contributed by atoms with Crippen molar-refractivity contribution in [3.63, 3.8) is 0 Å². The predicted molar refractivity (Wildman–Crippen MR) is 67.9 cm³/mol. The third kappa shape index (κ3) is 3.77. The molecule has 0 aliphatic rings. The summed E-state index contributed by atoms with van der Waals surface area (Å²) in [6.07, 6.45) is 0. The van der Waals surface area contributed by atoms with Gasteiger partial charge in [0.2, 0.25) is 0 Å². The Balaban J connectivity index is 0.00000144. The van der Waals surface area contributed by atoms with Crippen molar-refractivity contribution in [2.75, 3.05) is 0 Å². The zero-order valence-electron chi connectivity index (χ0n) is 10.5. The van der Waals surface area contributed by atoms with E-state index in [1.54, 1.807) is 0 Å². The smallest absolute Gasteiger partial charge is 0.280 e. The second-order valence-corrected chi connectivity index (χ2v) is 4.15. The molecule has 0 aliphatic carbocycles. The number of hydrogen-bond acceptors (Lipinski definition) is 0. The topological polar surface area (TPSA) is 0 Å². The summed E-state index contributed by atoms with van der Waals surface area (Å²) in [7, 11) is 0. The number of aryl methyl sites for hydroxylation is 2. The van der Waals surface area contributed by atoms with Crippen LogP contribution >= 0.6 is 0 Å². The Labute approximate surface area is 139 Å². The average Bonchev–Trinajstić information content (AvgIpc) is 2.19. The maximum atomic E-state index is 4.04. The Morgan fingerprint density at radius 2 is 1.11 bits per heavy atom. The molecule has 0 amide bonds. The van der Waals surface area contributed by atoms with E-state index in [9.17, 15) is 0 Å². The largest absolute Gasteiger partial charge is 2.00 e. The van der Waals surface area contributed by atoms with E-state index in [2.05, 4.69) is 38.1 Å². The first-order valence-corrected chi connectivity index (χ1v) is 5.27. The van der Waals surface area contributed by atoms with Crippen molar-refractivity contribution < 1.29 is 42.1 Å². The third-order valence-corrected chi connectivity index (χ3v) is 2.58. The molecule has 0 aromatic heterocycles. The first-order valence-electron chi connectivity index (χ1n) is 5.27. The second kappa shape index (κ2) is 7.22. The first kappa shape index (κ1) is 17.6. The molecule has 18 heavy (non-hydrogen) atoms. The Morgan fingerprint density at radius 3 is 1.39 bits per heavy atom. The van der Waals surface area contributed by atoms with Crippen LogP contribution in [0.3, 0.4) is 0 Å². The van der Waals surface area contributed by atoms with E-state index < -0.39 is 0 Å². The zero-order chi connectivity index (χ0) is 11.7. The minimum absolute atomic E-state index is 0. The molecular formula is C16H14W2. The van der Waals surface area contributed by atoms with Crippen molar-refractivity contribution in [1.82, 2.24) is 0 Å². The van der Waals surface area contributed by atoms with E-state index >= 15 is 0 Å². The Bertz CT molecular complexity index is 481. The van der Waals surface area contributed by atoms with Gasteiger partial charge in [-0.2, -0.15) is 29.3 Å². The molecule has 0 atom stereocenters. The molecule has 0 nitrogen and oxygen atoms in total. The van der Waals surface area contributed by atoms with E-state index in [-0.39, 0.29) is 42.1 Å². The van der Waals surface area contributed by atoms with Crippen LogP contribution in [0.1, 0.15) is 22.3 Å². The van der Waals surface area contributed by atoms with Gasteiger partial charge in [0.15, 0.2) is 0 Å². The molecule has 0 radical (unpaired) electrons. The van der Waals surface area contributed by atoms with Gasteiger partial charge in [-0.15, -0.1) is 0 Å². The van der Waals surface area contributed by atoms with Crippen LogP contribution in [0.5, 0.6) is 0 Å². The van der Waals surface area contributed by atoms with Gasteiger partial charge < -0.3 is 0 Å². The van der Waals surface area contributed by atoms with Crippen molar-refractivity contribution in [3.05, 3.63) is 72.5 Å². The normalized spacial score (nSPS) is 9.22. The number of hydrogen-bond donors (Lipinski definition) is 0. The molecule has 0 N–H and O–H groups in total. The fourth-order valence-corrected chi connectivity index (χ4v) is 1.80. The molecule has 0 heterocycles. The second-order valence-electron chi connectivity index (χ2n) is 4.15. The minimum atomic E-state index is 0. The Morgan fingerprint density at radius 1 is 0.778 bits per heavy atom. The molecule has 0 fully saturated rings. The first-order chi connectivity index (χ1) is 7.58. The molecule has 2 rings (SSSR count). The Hall–Kier alpha value is -0.443. The molecular weight excluding hydrogens is 560 g/mol. The van der Waals surface area contributed by atoms with E-state index in [1.807, 2.05) is 26.0 Å². The van der Waals surface area contributed by atoms with Gasteiger partial charge in [0.05, 0.1) is 0 Å². The molecule has 0 saturated carbocycles. The van der Waals surface area contributed by atoms with Crippen molar-refractivity contribution in [1.29, 1.82) is 0 Å².